The Labute approximate surface area is 153 Å². The minimum absolute atomic E-state index is 1.17. The fourth-order valence-corrected chi connectivity index (χ4v) is 3.68. The van der Waals surface area contributed by atoms with Gasteiger partial charge in [0.15, 0.2) is 0 Å². The van der Waals surface area contributed by atoms with Crippen molar-refractivity contribution in [3.8, 4) is 0 Å². The third-order valence-corrected chi connectivity index (χ3v) is 5.23. The van der Waals surface area contributed by atoms with Crippen LogP contribution in [0.25, 0.3) is 21.5 Å². The van der Waals surface area contributed by atoms with Crippen LogP contribution in [0.1, 0.15) is 70.3 Å². The van der Waals surface area contributed by atoms with E-state index in [2.05, 4.69) is 61.5 Å². The summed E-state index contributed by atoms with van der Waals surface area (Å²) < 4.78 is 0. The Bertz CT molecular complexity index is 784. The second-order valence-electron chi connectivity index (χ2n) is 7.35. The molecule has 0 bridgehead atoms. The molecule has 3 aromatic carbocycles. The number of unbranched alkanes of at least 4 members (excludes halogenated alkanes) is 8. The summed E-state index contributed by atoms with van der Waals surface area (Å²) in [7, 11) is 0. The van der Waals surface area contributed by atoms with Gasteiger partial charge in [-0.2, -0.15) is 0 Å². The lowest BCUT2D eigenvalue weighted by Crippen LogP contribution is -1.88. The average molecular weight is 332 g/mol. The van der Waals surface area contributed by atoms with Crippen LogP contribution in [-0.2, 0) is 6.42 Å². The van der Waals surface area contributed by atoms with Crippen molar-refractivity contribution in [3.63, 3.8) is 0 Å². The molecule has 0 spiro atoms. The van der Waals surface area contributed by atoms with Crippen molar-refractivity contribution in [1.29, 1.82) is 0 Å². The maximum absolute atomic E-state index is 3.64. The Balaban J connectivity index is 1.46. The van der Waals surface area contributed by atoms with Crippen molar-refractivity contribution in [2.24, 2.45) is 0 Å². The van der Waals surface area contributed by atoms with E-state index in [1.54, 1.807) is 0 Å². The van der Waals surface area contributed by atoms with Crippen molar-refractivity contribution in [2.45, 2.75) is 71.1 Å². The van der Waals surface area contributed by atoms with E-state index >= 15 is 0 Å². The van der Waals surface area contributed by atoms with Crippen molar-refractivity contribution in [1.82, 2.24) is 0 Å². The van der Waals surface area contributed by atoms with Gasteiger partial charge in [0.1, 0.15) is 0 Å². The lowest BCUT2D eigenvalue weighted by molar-refractivity contribution is 0.565. The van der Waals surface area contributed by atoms with Gasteiger partial charge in [0.2, 0.25) is 0 Å². The predicted octanol–water partition coefficient (Wildman–Crippen LogP) is 7.87. The zero-order valence-corrected chi connectivity index (χ0v) is 15.7. The van der Waals surface area contributed by atoms with E-state index in [1.165, 1.54) is 91.3 Å². The Kier molecular flexibility index (Phi) is 6.91. The first-order chi connectivity index (χ1) is 12.4. The van der Waals surface area contributed by atoms with E-state index in [0.29, 0.717) is 0 Å². The van der Waals surface area contributed by atoms with Gasteiger partial charge in [-0.05, 0) is 58.1 Å². The number of aryl methyl sites for hydroxylation is 1. The van der Waals surface area contributed by atoms with E-state index in [1.807, 2.05) is 0 Å². The Morgan fingerprint density at radius 3 is 2.00 bits per heavy atom. The van der Waals surface area contributed by atoms with Gasteiger partial charge in [-0.15, -0.1) is 0 Å². The lowest BCUT2D eigenvalue weighted by atomic mass is 9.99. The second kappa shape index (κ2) is 9.61. The summed E-state index contributed by atoms with van der Waals surface area (Å²) in [6.07, 6.45) is 13.7. The first kappa shape index (κ1) is 18.0. The summed E-state index contributed by atoms with van der Waals surface area (Å²) in [6, 6.07) is 21.3. The Morgan fingerprint density at radius 2 is 1.28 bits per heavy atom. The maximum Gasteiger partial charge on any atom is -0.00641 e. The highest BCUT2D eigenvalue weighted by Crippen LogP contribution is 2.24. The Morgan fingerprint density at radius 1 is 0.640 bits per heavy atom. The molecule has 0 saturated carbocycles. The molecule has 0 saturated heterocycles. The van der Waals surface area contributed by atoms with E-state index in [-0.39, 0.29) is 0 Å². The van der Waals surface area contributed by atoms with Crippen molar-refractivity contribution in [2.75, 3.05) is 0 Å². The van der Waals surface area contributed by atoms with Crippen LogP contribution < -0.4 is 0 Å². The topological polar surface area (TPSA) is 0 Å². The SMILES string of the molecule is CCCCCCCCCCCc1[c]c2cc3ccccc3cc2cc1. The smallest absolute Gasteiger partial charge is 0.00641 e. The molecule has 0 amide bonds. The third-order valence-electron chi connectivity index (χ3n) is 5.23. The van der Waals surface area contributed by atoms with Crippen LogP contribution in [-0.4, -0.2) is 0 Å². The highest BCUT2D eigenvalue weighted by Gasteiger charge is 2.01. The molecular formula is C25H31. The molecule has 0 heteroatoms. The monoisotopic (exact) mass is 331 g/mol. The molecule has 3 aromatic rings. The van der Waals surface area contributed by atoms with Gasteiger partial charge in [-0.3, -0.25) is 0 Å². The molecule has 0 fully saturated rings. The highest BCUT2D eigenvalue weighted by atomic mass is 14.1. The van der Waals surface area contributed by atoms with Crippen LogP contribution in [0.5, 0.6) is 0 Å². The number of fused-ring (bicyclic) bond motifs is 2. The van der Waals surface area contributed by atoms with E-state index in [9.17, 15) is 0 Å². The molecule has 0 aliphatic carbocycles. The van der Waals surface area contributed by atoms with Crippen LogP contribution in [0.4, 0.5) is 0 Å². The van der Waals surface area contributed by atoms with Gasteiger partial charge in [0.25, 0.3) is 0 Å². The number of hydrogen-bond acceptors (Lipinski definition) is 0. The molecule has 0 heterocycles. The summed E-state index contributed by atoms with van der Waals surface area (Å²) in [4.78, 5) is 0. The largest absolute Gasteiger partial charge is 0.0654 e. The van der Waals surface area contributed by atoms with Crippen molar-refractivity contribution >= 4 is 21.5 Å². The highest BCUT2D eigenvalue weighted by molar-refractivity contribution is 5.98. The van der Waals surface area contributed by atoms with Gasteiger partial charge in [0.05, 0.1) is 0 Å². The number of rotatable bonds is 10. The summed E-state index contributed by atoms with van der Waals surface area (Å²) in [6.45, 7) is 2.28. The van der Waals surface area contributed by atoms with Crippen LogP contribution in [0.2, 0.25) is 0 Å². The molecule has 0 aromatic heterocycles. The van der Waals surface area contributed by atoms with E-state index in [4.69, 9.17) is 0 Å². The van der Waals surface area contributed by atoms with Crippen molar-refractivity contribution < 1.29 is 0 Å². The van der Waals surface area contributed by atoms with E-state index in [0.717, 1.165) is 0 Å². The zero-order valence-electron chi connectivity index (χ0n) is 15.7. The molecule has 0 unspecified atom stereocenters. The van der Waals surface area contributed by atoms with Crippen LogP contribution >= 0.6 is 0 Å². The zero-order chi connectivity index (χ0) is 17.3. The van der Waals surface area contributed by atoms with Gasteiger partial charge in [-0.25, -0.2) is 0 Å². The summed E-state index contributed by atoms with van der Waals surface area (Å²) in [5.74, 6) is 0. The van der Waals surface area contributed by atoms with Crippen LogP contribution in [0.3, 0.4) is 0 Å². The third kappa shape index (κ3) is 5.33. The molecule has 0 aliphatic heterocycles. The quantitative estimate of drug-likeness (QED) is 0.262. The van der Waals surface area contributed by atoms with Gasteiger partial charge < -0.3 is 0 Å². The van der Waals surface area contributed by atoms with E-state index < -0.39 is 0 Å². The fraction of sp³-hybridized carbons (Fsp3) is 0.440. The maximum atomic E-state index is 3.64. The normalized spacial score (nSPS) is 11.4. The molecule has 0 atom stereocenters. The fourth-order valence-electron chi connectivity index (χ4n) is 3.68. The van der Waals surface area contributed by atoms with Gasteiger partial charge >= 0.3 is 0 Å². The summed E-state index contributed by atoms with van der Waals surface area (Å²) in [5.41, 5.74) is 1.37. The minimum Gasteiger partial charge on any atom is -0.0654 e. The summed E-state index contributed by atoms with van der Waals surface area (Å²) in [5, 5.41) is 5.18. The molecule has 3 rings (SSSR count). The molecule has 0 N–H and O–H groups in total. The molecule has 131 valence electrons. The first-order valence-electron chi connectivity index (χ1n) is 10.2. The summed E-state index contributed by atoms with van der Waals surface area (Å²) >= 11 is 0. The predicted molar refractivity (Wildman–Crippen MR) is 111 cm³/mol. The minimum atomic E-state index is 1.17. The molecule has 1 radical (unpaired) electrons. The number of benzene rings is 3. The molecule has 0 nitrogen and oxygen atoms in total. The second-order valence-corrected chi connectivity index (χ2v) is 7.35. The van der Waals surface area contributed by atoms with Crippen molar-refractivity contribution in [3.05, 3.63) is 60.2 Å². The van der Waals surface area contributed by atoms with Gasteiger partial charge in [-0.1, -0.05) is 94.7 Å². The van der Waals surface area contributed by atoms with Crippen LogP contribution in [0.15, 0.2) is 48.5 Å². The van der Waals surface area contributed by atoms with Crippen LogP contribution in [0, 0.1) is 6.07 Å². The molecular weight excluding hydrogens is 300 g/mol. The Hall–Kier alpha value is -1.82. The first-order valence-corrected chi connectivity index (χ1v) is 10.2. The lowest BCUT2D eigenvalue weighted by Gasteiger charge is -2.06. The van der Waals surface area contributed by atoms with Gasteiger partial charge in [0, 0.05) is 0 Å². The average Bonchev–Trinajstić information content (AvgIpc) is 2.65. The number of hydrogen-bond donors (Lipinski definition) is 0. The molecule has 0 aliphatic rings. The molecule has 25 heavy (non-hydrogen) atoms. The standard InChI is InChI=1S/C25H31/c1-2-3-4-5-6-7-8-9-10-13-21-16-17-24-19-22-14-11-12-15-23(22)20-25(24)18-21/h11-12,14-17,19-20H,2-10,13H2,1H3.